The lowest BCUT2D eigenvalue weighted by Crippen LogP contribution is -2.28. The first-order valence-electron chi connectivity index (χ1n) is 7.62. The molecule has 2 atom stereocenters. The largest absolute Gasteiger partial charge is 0.486 e. The molecular formula is C14H24N6O. The van der Waals surface area contributed by atoms with E-state index in [9.17, 15) is 0 Å². The Balaban J connectivity index is 1.96. The second-order valence-corrected chi connectivity index (χ2v) is 6.21. The third-order valence-corrected chi connectivity index (χ3v) is 4.19. The van der Waals surface area contributed by atoms with Crippen molar-refractivity contribution in [2.75, 3.05) is 35.6 Å². The molecule has 0 unspecified atom stereocenters. The number of aromatic nitrogens is 2. The molecule has 5 N–H and O–H groups in total. The van der Waals surface area contributed by atoms with Gasteiger partial charge in [0, 0.05) is 31.6 Å². The number of rotatable bonds is 2. The Morgan fingerprint density at radius 1 is 1.33 bits per heavy atom. The molecule has 2 aliphatic rings. The topological polar surface area (TPSA) is 102 Å². The minimum atomic E-state index is 0.180. The number of fused-ring (bicyclic) bond motifs is 1. The molecule has 2 aliphatic heterocycles. The van der Waals surface area contributed by atoms with Crippen LogP contribution in [0.5, 0.6) is 5.75 Å². The summed E-state index contributed by atoms with van der Waals surface area (Å²) in [6, 6.07) is 0.508. The normalized spacial score (nSPS) is 25.2. The van der Waals surface area contributed by atoms with Gasteiger partial charge in [-0.25, -0.2) is 0 Å². The van der Waals surface area contributed by atoms with Crippen LogP contribution < -0.4 is 26.4 Å². The van der Waals surface area contributed by atoms with E-state index in [4.69, 9.17) is 16.2 Å². The monoisotopic (exact) mass is 292 g/mol. The quantitative estimate of drug-likeness (QED) is 0.741. The molecule has 7 nitrogen and oxygen atoms in total. The van der Waals surface area contributed by atoms with Crippen molar-refractivity contribution in [3.63, 3.8) is 0 Å². The van der Waals surface area contributed by atoms with Gasteiger partial charge in [-0.1, -0.05) is 13.8 Å². The van der Waals surface area contributed by atoms with Crippen LogP contribution in [0.1, 0.15) is 26.7 Å². The van der Waals surface area contributed by atoms with Gasteiger partial charge in [-0.3, -0.25) is 0 Å². The molecule has 21 heavy (non-hydrogen) atoms. The third-order valence-electron chi connectivity index (χ3n) is 4.19. The van der Waals surface area contributed by atoms with E-state index in [1.807, 2.05) is 0 Å². The van der Waals surface area contributed by atoms with E-state index in [0.717, 1.165) is 31.7 Å². The van der Waals surface area contributed by atoms with Crippen molar-refractivity contribution < 1.29 is 4.74 Å². The maximum atomic E-state index is 6.00. The van der Waals surface area contributed by atoms with Gasteiger partial charge in [0.05, 0.1) is 6.61 Å². The van der Waals surface area contributed by atoms with E-state index >= 15 is 0 Å². The molecule has 3 heterocycles. The van der Waals surface area contributed by atoms with Crippen molar-refractivity contribution in [3.05, 3.63) is 0 Å². The molecule has 1 fully saturated rings. The van der Waals surface area contributed by atoms with Gasteiger partial charge in [0.25, 0.3) is 0 Å². The minimum Gasteiger partial charge on any atom is -0.486 e. The van der Waals surface area contributed by atoms with Gasteiger partial charge in [0.2, 0.25) is 11.7 Å². The Morgan fingerprint density at radius 3 is 2.81 bits per heavy atom. The number of anilines is 3. The number of nitrogens with one attached hydrogen (secondary N) is 1. The Hall–Kier alpha value is -1.76. The first kappa shape index (κ1) is 14.2. The highest BCUT2D eigenvalue weighted by molar-refractivity contribution is 5.68. The van der Waals surface area contributed by atoms with Crippen molar-refractivity contribution in [3.8, 4) is 5.75 Å². The van der Waals surface area contributed by atoms with E-state index in [1.165, 1.54) is 0 Å². The van der Waals surface area contributed by atoms with E-state index < -0.39 is 0 Å². The van der Waals surface area contributed by atoms with Crippen molar-refractivity contribution in [1.29, 1.82) is 0 Å². The van der Waals surface area contributed by atoms with Crippen LogP contribution in [-0.4, -0.2) is 41.7 Å². The summed E-state index contributed by atoms with van der Waals surface area (Å²) < 4.78 is 5.94. The predicted octanol–water partition coefficient (Wildman–Crippen LogP) is 0.815. The fourth-order valence-electron chi connectivity index (χ4n) is 2.92. The summed E-state index contributed by atoms with van der Waals surface area (Å²) in [5.74, 6) is 2.95. The summed E-state index contributed by atoms with van der Waals surface area (Å²) in [7, 11) is 0. The van der Waals surface area contributed by atoms with E-state index in [2.05, 4.69) is 34.0 Å². The van der Waals surface area contributed by atoms with Crippen LogP contribution in [0.4, 0.5) is 17.6 Å². The number of hydrogen-bond acceptors (Lipinski definition) is 7. The molecule has 0 spiro atoms. The molecule has 1 saturated heterocycles. The van der Waals surface area contributed by atoms with E-state index in [-0.39, 0.29) is 12.0 Å². The SMILES string of the molecule is CC(C)[C@H]1CCOc2c(nc(N)nc2N2CC[C@@H](N)C2)N1. The van der Waals surface area contributed by atoms with Gasteiger partial charge < -0.3 is 26.4 Å². The molecule has 1 aromatic rings. The summed E-state index contributed by atoms with van der Waals surface area (Å²) in [6.45, 7) is 6.69. The van der Waals surface area contributed by atoms with Crippen LogP contribution in [0, 0.1) is 5.92 Å². The van der Waals surface area contributed by atoms with Gasteiger partial charge in [-0.15, -0.1) is 0 Å². The van der Waals surface area contributed by atoms with Crippen LogP contribution in [0.2, 0.25) is 0 Å². The molecule has 0 saturated carbocycles. The smallest absolute Gasteiger partial charge is 0.224 e. The lowest BCUT2D eigenvalue weighted by Gasteiger charge is -2.22. The summed E-state index contributed by atoms with van der Waals surface area (Å²) in [5, 5.41) is 3.46. The number of ether oxygens (including phenoxy) is 1. The third kappa shape index (κ3) is 2.83. The molecule has 0 aliphatic carbocycles. The summed E-state index contributed by atoms with van der Waals surface area (Å²) in [5.41, 5.74) is 11.9. The highest BCUT2D eigenvalue weighted by atomic mass is 16.5. The van der Waals surface area contributed by atoms with Gasteiger partial charge in [0.15, 0.2) is 11.6 Å². The zero-order valence-corrected chi connectivity index (χ0v) is 12.7. The molecule has 0 bridgehead atoms. The fraction of sp³-hybridized carbons (Fsp3) is 0.714. The molecule has 0 amide bonds. The maximum absolute atomic E-state index is 6.00. The Bertz CT molecular complexity index is 520. The molecule has 3 rings (SSSR count). The van der Waals surface area contributed by atoms with Crippen LogP contribution in [-0.2, 0) is 0 Å². The molecule has 1 aromatic heterocycles. The van der Waals surface area contributed by atoms with Crippen LogP contribution in [0.15, 0.2) is 0 Å². The minimum absolute atomic E-state index is 0.180. The predicted molar refractivity (Wildman–Crippen MR) is 83.6 cm³/mol. The first-order chi connectivity index (χ1) is 10.0. The van der Waals surface area contributed by atoms with Gasteiger partial charge >= 0.3 is 0 Å². The zero-order chi connectivity index (χ0) is 15.0. The number of nitrogens with two attached hydrogens (primary N) is 2. The fourth-order valence-corrected chi connectivity index (χ4v) is 2.92. The molecule has 0 aromatic carbocycles. The molecule has 7 heteroatoms. The second kappa shape index (κ2) is 5.55. The maximum Gasteiger partial charge on any atom is 0.224 e. The lowest BCUT2D eigenvalue weighted by molar-refractivity contribution is 0.300. The van der Waals surface area contributed by atoms with E-state index in [0.29, 0.717) is 30.1 Å². The highest BCUT2D eigenvalue weighted by Crippen LogP contribution is 2.37. The number of nitrogens with zero attached hydrogens (tertiary/aromatic N) is 3. The van der Waals surface area contributed by atoms with Crippen LogP contribution >= 0.6 is 0 Å². The number of hydrogen-bond donors (Lipinski definition) is 3. The number of nitrogen functional groups attached to an aromatic ring is 1. The molecule has 0 radical (unpaired) electrons. The average molecular weight is 292 g/mol. The lowest BCUT2D eigenvalue weighted by atomic mass is 10.0. The summed E-state index contributed by atoms with van der Waals surface area (Å²) in [4.78, 5) is 10.9. The summed E-state index contributed by atoms with van der Waals surface area (Å²) in [6.07, 6.45) is 1.90. The van der Waals surface area contributed by atoms with Crippen molar-refractivity contribution >= 4 is 17.6 Å². The Kier molecular flexibility index (Phi) is 3.75. The standard InChI is InChI=1S/C14H24N6O/c1-8(2)10-4-6-21-11-12(17-10)18-14(16)19-13(11)20-5-3-9(15)7-20/h8-10H,3-7,15H2,1-2H3,(H3,16,17,18,19)/t9-,10-/m1/s1. The van der Waals surface area contributed by atoms with Gasteiger partial charge in [0.1, 0.15) is 0 Å². The van der Waals surface area contributed by atoms with Crippen LogP contribution in [0.25, 0.3) is 0 Å². The van der Waals surface area contributed by atoms with Gasteiger partial charge in [-0.05, 0) is 12.3 Å². The van der Waals surface area contributed by atoms with Crippen molar-refractivity contribution in [1.82, 2.24) is 9.97 Å². The Morgan fingerprint density at radius 2 is 2.14 bits per heavy atom. The van der Waals surface area contributed by atoms with Crippen LogP contribution in [0.3, 0.4) is 0 Å². The Labute approximate surface area is 125 Å². The first-order valence-corrected chi connectivity index (χ1v) is 7.62. The highest BCUT2D eigenvalue weighted by Gasteiger charge is 2.29. The van der Waals surface area contributed by atoms with E-state index in [1.54, 1.807) is 0 Å². The zero-order valence-electron chi connectivity index (χ0n) is 12.7. The average Bonchev–Trinajstić information content (AvgIpc) is 2.73. The van der Waals surface area contributed by atoms with Crippen molar-refractivity contribution in [2.24, 2.45) is 11.7 Å². The molecule has 116 valence electrons. The van der Waals surface area contributed by atoms with Crippen molar-refractivity contribution in [2.45, 2.75) is 38.8 Å². The second-order valence-electron chi connectivity index (χ2n) is 6.21. The van der Waals surface area contributed by atoms with Gasteiger partial charge in [-0.2, -0.15) is 9.97 Å². The summed E-state index contributed by atoms with van der Waals surface area (Å²) >= 11 is 0. The molecular weight excluding hydrogens is 268 g/mol.